The lowest BCUT2D eigenvalue weighted by molar-refractivity contribution is 0.651. The molecule has 0 unspecified atom stereocenters. The van der Waals surface area contributed by atoms with Crippen molar-refractivity contribution in [1.29, 1.82) is 0 Å². The summed E-state index contributed by atoms with van der Waals surface area (Å²) in [7, 11) is 0. The normalized spacial score (nSPS) is 9.08. The molecule has 0 aromatic carbocycles. The molecule has 0 bridgehead atoms. The highest BCUT2D eigenvalue weighted by molar-refractivity contribution is 7.80. The van der Waals surface area contributed by atoms with Crippen LogP contribution in [0.25, 0.3) is 0 Å². The predicted octanol–water partition coefficient (Wildman–Crippen LogP) is 1.65. The highest BCUT2D eigenvalue weighted by Gasteiger charge is 1.91. The Kier molecular flexibility index (Phi) is 8.01. The Morgan fingerprint density at radius 2 is 2.17 bits per heavy atom. The standard InChI is InChI=1S/C8H17N3S/c1-3-4-5-6-7-10-8(12)11-9-2/h2-7H2,1H3,(H2,10,11,12). The van der Waals surface area contributed by atoms with Crippen LogP contribution in [0.1, 0.15) is 32.6 Å². The highest BCUT2D eigenvalue weighted by atomic mass is 32.1. The van der Waals surface area contributed by atoms with Crippen molar-refractivity contribution in [2.24, 2.45) is 5.10 Å². The zero-order valence-electron chi connectivity index (χ0n) is 7.60. The Balaban J connectivity index is 3.08. The summed E-state index contributed by atoms with van der Waals surface area (Å²) in [5.41, 5.74) is 2.57. The molecule has 0 rings (SSSR count). The fourth-order valence-electron chi connectivity index (χ4n) is 0.865. The Bertz CT molecular complexity index is 136. The second kappa shape index (κ2) is 8.46. The monoisotopic (exact) mass is 187 g/mol. The average molecular weight is 187 g/mol. The highest BCUT2D eigenvalue weighted by Crippen LogP contribution is 1.96. The van der Waals surface area contributed by atoms with Crippen LogP contribution in [-0.2, 0) is 0 Å². The Morgan fingerprint density at radius 1 is 1.42 bits per heavy atom. The summed E-state index contributed by atoms with van der Waals surface area (Å²) in [6, 6.07) is 0. The van der Waals surface area contributed by atoms with Crippen molar-refractivity contribution in [2.45, 2.75) is 32.6 Å². The topological polar surface area (TPSA) is 36.4 Å². The van der Waals surface area contributed by atoms with Crippen molar-refractivity contribution in [2.75, 3.05) is 6.54 Å². The minimum absolute atomic E-state index is 0.557. The maximum Gasteiger partial charge on any atom is 0.186 e. The van der Waals surface area contributed by atoms with Crippen molar-refractivity contribution in [3.8, 4) is 0 Å². The van der Waals surface area contributed by atoms with E-state index in [4.69, 9.17) is 12.2 Å². The van der Waals surface area contributed by atoms with E-state index >= 15 is 0 Å². The first-order valence-corrected chi connectivity index (χ1v) is 4.71. The molecule has 0 aliphatic heterocycles. The molecule has 0 aromatic heterocycles. The van der Waals surface area contributed by atoms with Crippen molar-refractivity contribution < 1.29 is 0 Å². The van der Waals surface area contributed by atoms with E-state index in [0.717, 1.165) is 13.0 Å². The molecule has 0 amide bonds. The zero-order chi connectivity index (χ0) is 9.23. The van der Waals surface area contributed by atoms with Crippen LogP contribution in [0.2, 0.25) is 0 Å². The van der Waals surface area contributed by atoms with Gasteiger partial charge in [-0.1, -0.05) is 26.2 Å². The van der Waals surface area contributed by atoms with Crippen LogP contribution in [0, 0.1) is 0 Å². The van der Waals surface area contributed by atoms with Crippen molar-refractivity contribution in [1.82, 2.24) is 10.7 Å². The van der Waals surface area contributed by atoms with Gasteiger partial charge in [0.15, 0.2) is 5.11 Å². The van der Waals surface area contributed by atoms with E-state index in [0.29, 0.717) is 5.11 Å². The van der Waals surface area contributed by atoms with E-state index in [1.807, 2.05) is 0 Å². The number of hydrogen-bond acceptors (Lipinski definition) is 2. The van der Waals surface area contributed by atoms with E-state index in [1.165, 1.54) is 19.3 Å². The summed E-state index contributed by atoms with van der Waals surface area (Å²) in [5.74, 6) is 0. The first-order valence-electron chi connectivity index (χ1n) is 4.30. The minimum Gasteiger partial charge on any atom is -0.361 e. The van der Waals surface area contributed by atoms with E-state index in [-0.39, 0.29) is 0 Å². The average Bonchev–Trinajstić information content (AvgIpc) is 2.05. The number of rotatable bonds is 6. The lowest BCUT2D eigenvalue weighted by atomic mass is 10.2. The maximum absolute atomic E-state index is 4.88. The van der Waals surface area contributed by atoms with Crippen molar-refractivity contribution in [3.63, 3.8) is 0 Å². The third-order valence-corrected chi connectivity index (χ3v) is 1.73. The largest absolute Gasteiger partial charge is 0.361 e. The number of nitrogens with zero attached hydrogens (tertiary/aromatic N) is 1. The van der Waals surface area contributed by atoms with Gasteiger partial charge in [0.2, 0.25) is 0 Å². The van der Waals surface area contributed by atoms with Gasteiger partial charge in [0.25, 0.3) is 0 Å². The molecule has 70 valence electrons. The number of nitrogens with one attached hydrogen (secondary N) is 2. The molecule has 0 aliphatic rings. The lowest BCUT2D eigenvalue weighted by Crippen LogP contribution is -2.32. The van der Waals surface area contributed by atoms with Gasteiger partial charge in [0.1, 0.15) is 0 Å². The van der Waals surface area contributed by atoms with Gasteiger partial charge in [0, 0.05) is 13.3 Å². The fraction of sp³-hybridized carbons (Fsp3) is 0.750. The van der Waals surface area contributed by atoms with Gasteiger partial charge < -0.3 is 5.32 Å². The summed E-state index contributed by atoms with van der Waals surface area (Å²) in [6.07, 6.45) is 4.97. The first-order chi connectivity index (χ1) is 5.81. The Labute approximate surface area is 79.6 Å². The van der Waals surface area contributed by atoms with Crippen LogP contribution in [-0.4, -0.2) is 18.4 Å². The molecule has 0 aromatic rings. The zero-order valence-corrected chi connectivity index (χ0v) is 8.41. The van der Waals surface area contributed by atoms with Gasteiger partial charge in [0.05, 0.1) is 0 Å². The summed E-state index contributed by atoms with van der Waals surface area (Å²) in [5, 5.41) is 7.03. The molecule has 0 saturated carbocycles. The van der Waals surface area contributed by atoms with Gasteiger partial charge in [-0.25, -0.2) is 0 Å². The smallest absolute Gasteiger partial charge is 0.186 e. The van der Waals surface area contributed by atoms with E-state index in [2.05, 4.69) is 29.5 Å². The first kappa shape index (κ1) is 11.4. The summed E-state index contributed by atoms with van der Waals surface area (Å²) in [4.78, 5) is 0. The van der Waals surface area contributed by atoms with Crippen molar-refractivity contribution in [3.05, 3.63) is 0 Å². The van der Waals surface area contributed by atoms with Crippen LogP contribution in [0.5, 0.6) is 0 Å². The van der Waals surface area contributed by atoms with E-state index in [9.17, 15) is 0 Å². The molecule has 3 nitrogen and oxygen atoms in total. The number of unbranched alkanes of at least 4 members (excludes halogenated alkanes) is 3. The SMILES string of the molecule is C=NNC(=S)NCCCCCC. The quantitative estimate of drug-likeness (QED) is 0.287. The predicted molar refractivity (Wildman–Crippen MR) is 57.4 cm³/mol. The van der Waals surface area contributed by atoms with Gasteiger partial charge >= 0.3 is 0 Å². The molecule has 0 atom stereocenters. The number of thiocarbonyl (C=S) groups is 1. The molecule has 0 spiro atoms. The van der Waals surface area contributed by atoms with Gasteiger partial charge in [-0.3, -0.25) is 5.43 Å². The molecular weight excluding hydrogens is 170 g/mol. The van der Waals surface area contributed by atoms with Crippen LogP contribution < -0.4 is 10.7 Å². The molecule has 0 aliphatic carbocycles. The van der Waals surface area contributed by atoms with Gasteiger partial charge in [-0.15, -0.1) is 0 Å². The van der Waals surface area contributed by atoms with Gasteiger partial charge in [-0.05, 0) is 18.6 Å². The van der Waals surface area contributed by atoms with Gasteiger partial charge in [-0.2, -0.15) is 5.10 Å². The van der Waals surface area contributed by atoms with E-state index < -0.39 is 0 Å². The Morgan fingerprint density at radius 3 is 2.75 bits per heavy atom. The van der Waals surface area contributed by atoms with Crippen LogP contribution in [0.15, 0.2) is 5.10 Å². The summed E-state index contributed by atoms with van der Waals surface area (Å²) in [6.45, 7) is 6.38. The fourth-order valence-corrected chi connectivity index (χ4v) is 1.03. The molecule has 0 radical (unpaired) electrons. The molecule has 4 heteroatoms. The molecular formula is C8H17N3S. The van der Waals surface area contributed by atoms with Crippen LogP contribution >= 0.6 is 12.2 Å². The molecule has 0 fully saturated rings. The second-order valence-electron chi connectivity index (χ2n) is 2.59. The molecule has 0 saturated heterocycles. The lowest BCUT2D eigenvalue weighted by Gasteiger charge is -2.05. The minimum atomic E-state index is 0.557. The van der Waals surface area contributed by atoms with Crippen LogP contribution in [0.3, 0.4) is 0 Å². The summed E-state index contributed by atoms with van der Waals surface area (Å²) >= 11 is 4.88. The van der Waals surface area contributed by atoms with Crippen molar-refractivity contribution >= 4 is 24.0 Å². The molecule has 0 heterocycles. The second-order valence-corrected chi connectivity index (χ2v) is 2.99. The maximum atomic E-state index is 4.88. The van der Waals surface area contributed by atoms with Crippen LogP contribution in [0.4, 0.5) is 0 Å². The number of hydrogen-bond donors (Lipinski definition) is 2. The number of hydrazone groups is 1. The third kappa shape index (κ3) is 7.47. The van der Waals surface area contributed by atoms with E-state index in [1.54, 1.807) is 0 Å². The molecule has 2 N–H and O–H groups in total. The Hall–Kier alpha value is -0.640. The third-order valence-electron chi connectivity index (χ3n) is 1.50. The molecule has 12 heavy (non-hydrogen) atoms. The summed E-state index contributed by atoms with van der Waals surface area (Å²) < 4.78 is 0.